The molecule has 0 aromatic heterocycles. The molecule has 21 heavy (non-hydrogen) atoms. The third-order valence-electron chi connectivity index (χ3n) is 4.51. The van der Waals surface area contributed by atoms with Crippen molar-refractivity contribution in [3.8, 4) is 0 Å². The molecule has 1 amide bonds. The Balaban J connectivity index is 2.52. The van der Waals surface area contributed by atoms with Crippen molar-refractivity contribution < 1.29 is 4.79 Å². The average molecular weight is 297 g/mol. The first kappa shape index (κ1) is 18.4. The van der Waals surface area contributed by atoms with Crippen molar-refractivity contribution in [2.24, 2.45) is 5.73 Å². The molecule has 1 aliphatic heterocycles. The molecule has 0 aromatic carbocycles. The summed E-state index contributed by atoms with van der Waals surface area (Å²) in [4.78, 5) is 17.0. The second-order valence-electron chi connectivity index (χ2n) is 6.28. The maximum atomic E-state index is 12.5. The number of nitrogens with zero attached hydrogens (tertiary/aromatic N) is 2. The first-order valence-electron chi connectivity index (χ1n) is 8.94. The van der Waals surface area contributed by atoms with Crippen molar-refractivity contribution in [2.75, 3.05) is 32.7 Å². The van der Waals surface area contributed by atoms with Gasteiger partial charge >= 0.3 is 0 Å². The molecular formula is C17H35N3O. The van der Waals surface area contributed by atoms with Gasteiger partial charge in [-0.1, -0.05) is 26.7 Å². The Morgan fingerprint density at radius 3 is 2.14 bits per heavy atom. The Morgan fingerprint density at radius 2 is 1.67 bits per heavy atom. The van der Waals surface area contributed by atoms with E-state index < -0.39 is 0 Å². The number of amides is 1. The van der Waals surface area contributed by atoms with Crippen molar-refractivity contribution in [2.45, 2.75) is 71.3 Å². The van der Waals surface area contributed by atoms with Gasteiger partial charge in [-0.2, -0.15) is 0 Å². The van der Waals surface area contributed by atoms with Crippen molar-refractivity contribution >= 4 is 5.91 Å². The van der Waals surface area contributed by atoms with Gasteiger partial charge in [0.1, 0.15) is 0 Å². The van der Waals surface area contributed by atoms with E-state index in [2.05, 4.69) is 18.7 Å². The van der Waals surface area contributed by atoms with Crippen LogP contribution in [0.2, 0.25) is 0 Å². The SMILES string of the molecule is CCCCN(CCCC)C(CN)CC(=O)N1CCCCC1. The summed E-state index contributed by atoms with van der Waals surface area (Å²) in [5.74, 6) is 0.308. The van der Waals surface area contributed by atoms with E-state index in [-0.39, 0.29) is 6.04 Å². The van der Waals surface area contributed by atoms with Crippen molar-refractivity contribution in [1.29, 1.82) is 0 Å². The van der Waals surface area contributed by atoms with Gasteiger partial charge in [0.05, 0.1) is 0 Å². The highest BCUT2D eigenvalue weighted by molar-refractivity contribution is 5.76. The summed E-state index contributed by atoms with van der Waals surface area (Å²) in [6.45, 7) is 9.06. The Kier molecular flexibility index (Phi) is 9.68. The highest BCUT2D eigenvalue weighted by Crippen LogP contribution is 2.14. The minimum atomic E-state index is 0.220. The number of likely N-dealkylation sites (tertiary alicyclic amines) is 1. The number of rotatable bonds is 10. The van der Waals surface area contributed by atoms with E-state index >= 15 is 0 Å². The lowest BCUT2D eigenvalue weighted by atomic mass is 10.1. The topological polar surface area (TPSA) is 49.6 Å². The summed E-state index contributed by atoms with van der Waals surface area (Å²) < 4.78 is 0. The van der Waals surface area contributed by atoms with Crippen LogP contribution in [0.1, 0.15) is 65.2 Å². The molecule has 1 saturated heterocycles. The van der Waals surface area contributed by atoms with Crippen molar-refractivity contribution in [3.63, 3.8) is 0 Å². The van der Waals surface area contributed by atoms with Gasteiger partial charge in [0.15, 0.2) is 0 Å². The molecular weight excluding hydrogens is 262 g/mol. The Morgan fingerprint density at radius 1 is 1.10 bits per heavy atom. The fraction of sp³-hybridized carbons (Fsp3) is 0.941. The zero-order valence-corrected chi connectivity index (χ0v) is 14.1. The standard InChI is InChI=1S/C17H35N3O/c1-3-5-10-19(11-6-4-2)16(15-18)14-17(21)20-12-8-7-9-13-20/h16H,3-15,18H2,1-2H3. The predicted octanol–water partition coefficient (Wildman–Crippen LogP) is 2.62. The van der Waals surface area contributed by atoms with Gasteiger partial charge in [-0.25, -0.2) is 0 Å². The molecule has 0 radical (unpaired) electrons. The van der Waals surface area contributed by atoms with Crippen LogP contribution in [0, 0.1) is 0 Å². The second-order valence-corrected chi connectivity index (χ2v) is 6.28. The second kappa shape index (κ2) is 11.0. The van der Waals surface area contributed by atoms with Crippen LogP contribution in [0.15, 0.2) is 0 Å². The number of carbonyl (C=O) groups excluding carboxylic acids is 1. The van der Waals surface area contributed by atoms with E-state index in [4.69, 9.17) is 5.73 Å². The fourth-order valence-corrected chi connectivity index (χ4v) is 3.03. The highest BCUT2D eigenvalue weighted by Gasteiger charge is 2.23. The molecule has 4 nitrogen and oxygen atoms in total. The summed E-state index contributed by atoms with van der Waals surface area (Å²) in [6, 6.07) is 0.220. The summed E-state index contributed by atoms with van der Waals surface area (Å²) in [5, 5.41) is 0. The number of hydrogen-bond donors (Lipinski definition) is 1. The monoisotopic (exact) mass is 297 g/mol. The molecule has 2 N–H and O–H groups in total. The predicted molar refractivity (Wildman–Crippen MR) is 89.3 cm³/mol. The Hall–Kier alpha value is -0.610. The van der Waals surface area contributed by atoms with Crippen molar-refractivity contribution in [3.05, 3.63) is 0 Å². The third kappa shape index (κ3) is 6.79. The van der Waals surface area contributed by atoms with Gasteiger partial charge < -0.3 is 10.6 Å². The molecule has 1 fully saturated rings. The lowest BCUT2D eigenvalue weighted by Crippen LogP contribution is -2.46. The van der Waals surface area contributed by atoms with Gasteiger partial charge in [-0.15, -0.1) is 0 Å². The van der Waals surface area contributed by atoms with Crippen LogP contribution in [0.3, 0.4) is 0 Å². The molecule has 1 aliphatic rings. The van der Waals surface area contributed by atoms with E-state index in [0.717, 1.165) is 39.0 Å². The summed E-state index contributed by atoms with van der Waals surface area (Å²) in [5.41, 5.74) is 5.98. The molecule has 124 valence electrons. The largest absolute Gasteiger partial charge is 0.343 e. The van der Waals surface area contributed by atoms with Crippen LogP contribution in [0.4, 0.5) is 0 Å². The van der Waals surface area contributed by atoms with Gasteiger partial charge in [-0.05, 0) is 45.2 Å². The smallest absolute Gasteiger partial charge is 0.224 e. The van der Waals surface area contributed by atoms with Crippen LogP contribution in [-0.2, 0) is 4.79 Å². The summed E-state index contributed by atoms with van der Waals surface area (Å²) >= 11 is 0. The molecule has 1 atom stereocenters. The number of hydrogen-bond acceptors (Lipinski definition) is 3. The first-order chi connectivity index (χ1) is 10.2. The quantitative estimate of drug-likeness (QED) is 0.674. The third-order valence-corrected chi connectivity index (χ3v) is 4.51. The Labute approximate surface area is 131 Å². The van der Waals surface area contributed by atoms with Crippen LogP contribution in [0.25, 0.3) is 0 Å². The average Bonchev–Trinajstić information content (AvgIpc) is 2.54. The van der Waals surface area contributed by atoms with Crippen LogP contribution >= 0.6 is 0 Å². The molecule has 1 unspecified atom stereocenters. The fourth-order valence-electron chi connectivity index (χ4n) is 3.03. The molecule has 0 spiro atoms. The highest BCUT2D eigenvalue weighted by atomic mass is 16.2. The van der Waals surface area contributed by atoms with Gasteiger partial charge in [0.2, 0.25) is 5.91 Å². The first-order valence-corrected chi connectivity index (χ1v) is 8.94. The number of carbonyl (C=O) groups is 1. The van der Waals surface area contributed by atoms with Crippen molar-refractivity contribution in [1.82, 2.24) is 9.80 Å². The van der Waals surface area contributed by atoms with Gasteiger partial charge in [0, 0.05) is 32.1 Å². The lowest BCUT2D eigenvalue weighted by Gasteiger charge is -2.33. The molecule has 0 saturated carbocycles. The lowest BCUT2D eigenvalue weighted by molar-refractivity contribution is -0.133. The van der Waals surface area contributed by atoms with Crippen LogP contribution < -0.4 is 5.73 Å². The minimum Gasteiger partial charge on any atom is -0.343 e. The summed E-state index contributed by atoms with van der Waals surface area (Å²) in [6.07, 6.45) is 8.96. The summed E-state index contributed by atoms with van der Waals surface area (Å²) in [7, 11) is 0. The number of unbranched alkanes of at least 4 members (excludes halogenated alkanes) is 2. The molecule has 1 heterocycles. The minimum absolute atomic E-state index is 0.220. The van der Waals surface area contributed by atoms with E-state index in [1.165, 1.54) is 32.1 Å². The van der Waals surface area contributed by atoms with E-state index in [9.17, 15) is 4.79 Å². The molecule has 0 aliphatic carbocycles. The zero-order valence-electron chi connectivity index (χ0n) is 14.1. The van der Waals surface area contributed by atoms with Crippen LogP contribution in [0.5, 0.6) is 0 Å². The molecule has 1 rings (SSSR count). The number of nitrogens with two attached hydrogens (primary N) is 1. The zero-order chi connectivity index (χ0) is 15.5. The van der Waals surface area contributed by atoms with Gasteiger partial charge in [0.25, 0.3) is 0 Å². The molecule has 0 aromatic rings. The van der Waals surface area contributed by atoms with E-state index in [1.807, 2.05) is 4.90 Å². The molecule has 4 heteroatoms. The number of piperidine rings is 1. The molecule has 0 bridgehead atoms. The Bertz CT molecular complexity index is 269. The normalized spacial score (nSPS) is 17.2. The maximum Gasteiger partial charge on any atom is 0.224 e. The maximum absolute atomic E-state index is 12.5. The van der Waals surface area contributed by atoms with Crippen LogP contribution in [-0.4, -0.2) is 54.5 Å². The van der Waals surface area contributed by atoms with E-state index in [0.29, 0.717) is 18.9 Å². The van der Waals surface area contributed by atoms with Gasteiger partial charge in [-0.3, -0.25) is 9.69 Å². The van der Waals surface area contributed by atoms with E-state index in [1.54, 1.807) is 0 Å².